The van der Waals surface area contributed by atoms with Gasteiger partial charge in [0.2, 0.25) is 0 Å². The maximum Gasteiger partial charge on any atom is 0.302 e. The van der Waals surface area contributed by atoms with E-state index in [1.807, 2.05) is 32.9 Å². The Morgan fingerprint density at radius 1 is 1.24 bits per heavy atom. The van der Waals surface area contributed by atoms with Gasteiger partial charge in [0, 0.05) is 6.92 Å². The molecule has 4 heteroatoms. The van der Waals surface area contributed by atoms with Crippen LogP contribution in [0.2, 0.25) is 0 Å². The van der Waals surface area contributed by atoms with Crippen LogP contribution in [0, 0.1) is 20.8 Å². The summed E-state index contributed by atoms with van der Waals surface area (Å²) in [5, 5.41) is 0. The second kappa shape index (κ2) is 6.22. The van der Waals surface area contributed by atoms with Gasteiger partial charge in [-0.2, -0.15) is 0 Å². The van der Waals surface area contributed by atoms with Crippen molar-refractivity contribution in [2.24, 2.45) is 0 Å². The SMILES string of the molecule is CC(=O)OC[C@@H]1C=CC(=O)C(c2c(C)cc(C)cc2C)O1. The molecule has 21 heavy (non-hydrogen) atoms. The van der Waals surface area contributed by atoms with Crippen LogP contribution in [0.5, 0.6) is 0 Å². The first-order valence-electron chi connectivity index (χ1n) is 6.97. The van der Waals surface area contributed by atoms with E-state index in [9.17, 15) is 9.59 Å². The van der Waals surface area contributed by atoms with Crippen molar-refractivity contribution in [1.82, 2.24) is 0 Å². The Morgan fingerprint density at radius 3 is 2.43 bits per heavy atom. The lowest BCUT2D eigenvalue weighted by atomic mass is 9.92. The number of carbonyl (C=O) groups excluding carboxylic acids is 2. The van der Waals surface area contributed by atoms with E-state index in [0.717, 1.165) is 22.3 Å². The zero-order chi connectivity index (χ0) is 15.6. The van der Waals surface area contributed by atoms with Gasteiger partial charge in [0.1, 0.15) is 18.8 Å². The summed E-state index contributed by atoms with van der Waals surface area (Å²) in [7, 11) is 0. The van der Waals surface area contributed by atoms with E-state index in [2.05, 4.69) is 0 Å². The number of ether oxygens (including phenoxy) is 2. The molecule has 2 rings (SSSR count). The Labute approximate surface area is 124 Å². The monoisotopic (exact) mass is 288 g/mol. The molecule has 0 bridgehead atoms. The van der Waals surface area contributed by atoms with Gasteiger partial charge in [-0.25, -0.2) is 0 Å². The van der Waals surface area contributed by atoms with Crippen LogP contribution in [0.25, 0.3) is 0 Å². The van der Waals surface area contributed by atoms with Gasteiger partial charge in [-0.05, 0) is 49.6 Å². The van der Waals surface area contributed by atoms with Crippen LogP contribution >= 0.6 is 0 Å². The van der Waals surface area contributed by atoms with Crippen molar-refractivity contribution in [3.63, 3.8) is 0 Å². The van der Waals surface area contributed by atoms with Crippen molar-refractivity contribution in [2.45, 2.75) is 39.9 Å². The fraction of sp³-hybridized carbons (Fsp3) is 0.412. The summed E-state index contributed by atoms with van der Waals surface area (Å²) in [6.07, 6.45) is 2.13. The van der Waals surface area contributed by atoms with Gasteiger partial charge in [-0.1, -0.05) is 17.7 Å². The molecule has 2 atom stereocenters. The van der Waals surface area contributed by atoms with E-state index in [1.54, 1.807) is 6.08 Å². The third-order valence-corrected chi connectivity index (χ3v) is 3.50. The molecule has 0 aliphatic carbocycles. The summed E-state index contributed by atoms with van der Waals surface area (Å²) >= 11 is 0. The smallest absolute Gasteiger partial charge is 0.302 e. The highest BCUT2D eigenvalue weighted by molar-refractivity contribution is 5.95. The van der Waals surface area contributed by atoms with Crippen LogP contribution in [-0.2, 0) is 19.1 Å². The average molecular weight is 288 g/mol. The van der Waals surface area contributed by atoms with Gasteiger partial charge in [0.15, 0.2) is 5.78 Å². The highest BCUT2D eigenvalue weighted by Gasteiger charge is 2.29. The average Bonchev–Trinajstić information content (AvgIpc) is 2.38. The predicted octanol–water partition coefficient (Wildman–Crippen LogP) is 2.74. The molecule has 1 aliphatic rings. The molecule has 0 saturated carbocycles. The first-order valence-corrected chi connectivity index (χ1v) is 6.97. The highest BCUT2D eigenvalue weighted by Crippen LogP contribution is 2.30. The van der Waals surface area contributed by atoms with Crippen LogP contribution in [0.3, 0.4) is 0 Å². The molecule has 1 aromatic rings. The number of aryl methyl sites for hydroxylation is 3. The van der Waals surface area contributed by atoms with Crippen LogP contribution in [0.1, 0.15) is 35.3 Å². The number of carbonyl (C=O) groups is 2. The maximum absolute atomic E-state index is 12.1. The lowest BCUT2D eigenvalue weighted by Gasteiger charge is -2.27. The number of esters is 1. The van der Waals surface area contributed by atoms with Gasteiger partial charge < -0.3 is 9.47 Å². The van der Waals surface area contributed by atoms with E-state index in [0.29, 0.717) is 0 Å². The van der Waals surface area contributed by atoms with Crippen LogP contribution in [-0.4, -0.2) is 24.5 Å². The zero-order valence-electron chi connectivity index (χ0n) is 12.8. The van der Waals surface area contributed by atoms with Gasteiger partial charge in [0.05, 0.1) is 0 Å². The Kier molecular flexibility index (Phi) is 4.58. The fourth-order valence-electron chi connectivity index (χ4n) is 2.69. The van der Waals surface area contributed by atoms with Gasteiger partial charge in [-0.3, -0.25) is 9.59 Å². The lowest BCUT2D eigenvalue weighted by Crippen LogP contribution is -2.30. The van der Waals surface area contributed by atoms with E-state index in [-0.39, 0.29) is 18.4 Å². The number of hydrogen-bond donors (Lipinski definition) is 0. The molecule has 1 aromatic carbocycles. The van der Waals surface area contributed by atoms with E-state index in [1.165, 1.54) is 13.0 Å². The largest absolute Gasteiger partial charge is 0.463 e. The molecule has 112 valence electrons. The summed E-state index contributed by atoms with van der Waals surface area (Å²) in [5.74, 6) is -0.438. The van der Waals surface area contributed by atoms with E-state index >= 15 is 0 Å². The summed E-state index contributed by atoms with van der Waals surface area (Å²) in [6.45, 7) is 7.45. The molecule has 0 fully saturated rings. The first kappa shape index (κ1) is 15.4. The van der Waals surface area contributed by atoms with E-state index in [4.69, 9.17) is 9.47 Å². The number of ketones is 1. The molecule has 0 radical (unpaired) electrons. The Hall–Kier alpha value is -1.94. The maximum atomic E-state index is 12.1. The molecule has 1 unspecified atom stereocenters. The molecule has 0 aromatic heterocycles. The van der Waals surface area contributed by atoms with Gasteiger partial charge in [-0.15, -0.1) is 0 Å². The van der Waals surface area contributed by atoms with Crippen LogP contribution in [0.4, 0.5) is 0 Å². The molecule has 4 nitrogen and oxygen atoms in total. The number of benzene rings is 1. The first-order chi connectivity index (χ1) is 9.88. The van der Waals surface area contributed by atoms with Gasteiger partial charge in [0.25, 0.3) is 0 Å². The molecule has 1 aliphatic heterocycles. The van der Waals surface area contributed by atoms with Crippen molar-refractivity contribution in [3.8, 4) is 0 Å². The molecule has 0 saturated heterocycles. The van der Waals surface area contributed by atoms with Crippen molar-refractivity contribution >= 4 is 11.8 Å². The molecule has 0 spiro atoms. The van der Waals surface area contributed by atoms with Crippen molar-refractivity contribution in [1.29, 1.82) is 0 Å². The topological polar surface area (TPSA) is 52.6 Å². The Morgan fingerprint density at radius 2 is 1.86 bits per heavy atom. The minimum atomic E-state index is -0.629. The second-order valence-electron chi connectivity index (χ2n) is 5.43. The van der Waals surface area contributed by atoms with Gasteiger partial charge >= 0.3 is 5.97 Å². The Balaban J connectivity index is 2.25. The number of hydrogen-bond acceptors (Lipinski definition) is 4. The highest BCUT2D eigenvalue weighted by atomic mass is 16.6. The number of rotatable bonds is 3. The molecule has 0 amide bonds. The fourth-order valence-corrected chi connectivity index (χ4v) is 2.69. The normalized spacial score (nSPS) is 21.4. The lowest BCUT2D eigenvalue weighted by molar-refractivity contribution is -0.147. The van der Waals surface area contributed by atoms with Crippen molar-refractivity contribution < 1.29 is 19.1 Å². The van der Waals surface area contributed by atoms with Crippen molar-refractivity contribution in [2.75, 3.05) is 6.61 Å². The minimum absolute atomic E-state index is 0.0795. The zero-order valence-corrected chi connectivity index (χ0v) is 12.8. The third kappa shape index (κ3) is 3.58. The minimum Gasteiger partial charge on any atom is -0.463 e. The summed E-state index contributed by atoms with van der Waals surface area (Å²) in [5.41, 5.74) is 4.13. The molecular weight excluding hydrogens is 268 g/mol. The van der Waals surface area contributed by atoms with Crippen LogP contribution in [0.15, 0.2) is 24.3 Å². The standard InChI is InChI=1S/C17H20O4/c1-10-7-11(2)16(12(3)8-10)17-15(19)6-5-14(21-17)9-20-13(4)18/h5-8,14,17H,9H2,1-4H3/t14-,17?/m0/s1. The Bertz CT molecular complexity index is 578. The van der Waals surface area contributed by atoms with E-state index < -0.39 is 12.2 Å². The third-order valence-electron chi connectivity index (χ3n) is 3.50. The van der Waals surface area contributed by atoms with Crippen molar-refractivity contribution in [3.05, 3.63) is 46.5 Å². The summed E-state index contributed by atoms with van der Waals surface area (Å²) in [6, 6.07) is 4.08. The van der Waals surface area contributed by atoms with Crippen LogP contribution < -0.4 is 0 Å². The quantitative estimate of drug-likeness (QED) is 0.803. The molecular formula is C17H20O4. The summed E-state index contributed by atoms with van der Waals surface area (Å²) in [4.78, 5) is 23.0. The predicted molar refractivity (Wildman–Crippen MR) is 79.0 cm³/mol. The molecule has 1 heterocycles. The summed E-state index contributed by atoms with van der Waals surface area (Å²) < 4.78 is 10.8. The second-order valence-corrected chi connectivity index (χ2v) is 5.43. The molecule has 0 N–H and O–H groups in total.